The SMILES string of the molecule is CCC1CCC(CN)(C2(O)CC3CCC2C3)C1. The first-order valence-corrected chi connectivity index (χ1v) is 7.56. The average molecular weight is 237 g/mol. The van der Waals surface area contributed by atoms with Crippen LogP contribution in [0.1, 0.15) is 58.3 Å². The molecule has 0 aromatic carbocycles. The van der Waals surface area contributed by atoms with Crippen LogP contribution < -0.4 is 5.73 Å². The molecule has 3 aliphatic rings. The van der Waals surface area contributed by atoms with E-state index in [1.165, 1.54) is 44.9 Å². The summed E-state index contributed by atoms with van der Waals surface area (Å²) in [5, 5.41) is 11.3. The number of aliphatic hydroxyl groups is 1. The summed E-state index contributed by atoms with van der Waals surface area (Å²) in [6, 6.07) is 0. The average Bonchev–Trinajstić information content (AvgIpc) is 3.02. The zero-order chi connectivity index (χ0) is 12.1. The summed E-state index contributed by atoms with van der Waals surface area (Å²) in [5.41, 5.74) is 5.78. The Morgan fingerprint density at radius 1 is 1.24 bits per heavy atom. The summed E-state index contributed by atoms with van der Waals surface area (Å²) >= 11 is 0. The van der Waals surface area contributed by atoms with Crippen LogP contribution in [0.5, 0.6) is 0 Å². The highest BCUT2D eigenvalue weighted by Gasteiger charge is 2.61. The van der Waals surface area contributed by atoms with E-state index >= 15 is 0 Å². The maximum atomic E-state index is 11.3. The summed E-state index contributed by atoms with van der Waals surface area (Å²) in [6.07, 6.45) is 9.81. The Bertz CT molecular complexity index is 305. The largest absolute Gasteiger partial charge is 0.389 e. The maximum absolute atomic E-state index is 11.3. The molecule has 17 heavy (non-hydrogen) atoms. The van der Waals surface area contributed by atoms with Crippen LogP contribution >= 0.6 is 0 Å². The normalized spacial score (nSPS) is 53.5. The highest BCUT2D eigenvalue weighted by Crippen LogP contribution is 2.62. The third-order valence-electron chi connectivity index (χ3n) is 6.41. The predicted octanol–water partition coefficient (Wildman–Crippen LogP) is 2.69. The molecule has 0 aromatic heterocycles. The van der Waals surface area contributed by atoms with Crippen molar-refractivity contribution < 1.29 is 5.11 Å². The first kappa shape index (κ1) is 12.0. The molecule has 0 spiro atoms. The van der Waals surface area contributed by atoms with Gasteiger partial charge >= 0.3 is 0 Å². The van der Waals surface area contributed by atoms with Gasteiger partial charge in [-0.25, -0.2) is 0 Å². The van der Waals surface area contributed by atoms with Gasteiger partial charge in [0.1, 0.15) is 0 Å². The molecule has 0 amide bonds. The summed E-state index contributed by atoms with van der Waals surface area (Å²) < 4.78 is 0. The number of hydrogen-bond acceptors (Lipinski definition) is 2. The van der Waals surface area contributed by atoms with Gasteiger partial charge in [-0.1, -0.05) is 13.3 Å². The number of hydrogen-bond donors (Lipinski definition) is 2. The Labute approximate surface area is 105 Å². The van der Waals surface area contributed by atoms with E-state index in [2.05, 4.69) is 6.92 Å². The third-order valence-corrected chi connectivity index (χ3v) is 6.41. The van der Waals surface area contributed by atoms with Gasteiger partial charge in [-0.05, 0) is 62.7 Å². The van der Waals surface area contributed by atoms with Gasteiger partial charge in [0.05, 0.1) is 5.60 Å². The zero-order valence-corrected chi connectivity index (χ0v) is 11.1. The van der Waals surface area contributed by atoms with Crippen molar-refractivity contribution >= 4 is 0 Å². The molecule has 3 rings (SSSR count). The second-order valence-corrected chi connectivity index (χ2v) is 7.01. The Morgan fingerprint density at radius 2 is 2.06 bits per heavy atom. The van der Waals surface area contributed by atoms with Crippen molar-refractivity contribution in [3.8, 4) is 0 Å². The second kappa shape index (κ2) is 3.96. The minimum Gasteiger partial charge on any atom is -0.389 e. The molecule has 0 radical (unpaired) electrons. The number of nitrogens with two attached hydrogens (primary N) is 1. The molecule has 3 fully saturated rings. The minimum absolute atomic E-state index is 0.0630. The van der Waals surface area contributed by atoms with E-state index in [0.717, 1.165) is 18.3 Å². The zero-order valence-electron chi connectivity index (χ0n) is 11.1. The number of rotatable bonds is 3. The van der Waals surface area contributed by atoms with Crippen LogP contribution in [0, 0.1) is 23.2 Å². The molecule has 0 aromatic rings. The van der Waals surface area contributed by atoms with E-state index in [1.807, 2.05) is 0 Å². The lowest BCUT2D eigenvalue weighted by Crippen LogP contribution is -2.54. The molecule has 3 aliphatic carbocycles. The molecule has 3 saturated carbocycles. The van der Waals surface area contributed by atoms with Crippen LogP contribution in [0.3, 0.4) is 0 Å². The van der Waals surface area contributed by atoms with Crippen LogP contribution in [-0.4, -0.2) is 17.3 Å². The monoisotopic (exact) mass is 237 g/mol. The molecule has 2 nitrogen and oxygen atoms in total. The van der Waals surface area contributed by atoms with Gasteiger partial charge in [-0.2, -0.15) is 0 Å². The molecular weight excluding hydrogens is 210 g/mol. The summed E-state index contributed by atoms with van der Waals surface area (Å²) in [6.45, 7) is 2.98. The summed E-state index contributed by atoms with van der Waals surface area (Å²) in [7, 11) is 0. The fourth-order valence-corrected chi connectivity index (χ4v) is 5.29. The Balaban J connectivity index is 1.86. The molecule has 0 heterocycles. The van der Waals surface area contributed by atoms with Gasteiger partial charge in [-0.3, -0.25) is 0 Å². The molecular formula is C15H27NO. The van der Waals surface area contributed by atoms with Crippen molar-refractivity contribution in [3.05, 3.63) is 0 Å². The van der Waals surface area contributed by atoms with Crippen molar-refractivity contribution in [2.45, 2.75) is 63.9 Å². The Morgan fingerprint density at radius 3 is 2.53 bits per heavy atom. The first-order valence-electron chi connectivity index (χ1n) is 7.56. The fourth-order valence-electron chi connectivity index (χ4n) is 5.29. The van der Waals surface area contributed by atoms with Gasteiger partial charge in [0, 0.05) is 12.0 Å². The quantitative estimate of drug-likeness (QED) is 0.793. The third kappa shape index (κ3) is 1.53. The highest BCUT2D eigenvalue weighted by molar-refractivity contribution is 5.13. The van der Waals surface area contributed by atoms with Crippen LogP contribution in [-0.2, 0) is 0 Å². The van der Waals surface area contributed by atoms with E-state index in [9.17, 15) is 5.11 Å². The molecule has 0 saturated heterocycles. The van der Waals surface area contributed by atoms with E-state index in [-0.39, 0.29) is 5.41 Å². The van der Waals surface area contributed by atoms with Crippen molar-refractivity contribution in [3.63, 3.8) is 0 Å². The number of fused-ring (bicyclic) bond motifs is 2. The van der Waals surface area contributed by atoms with E-state index in [0.29, 0.717) is 12.5 Å². The lowest BCUT2D eigenvalue weighted by Gasteiger charge is -2.48. The molecule has 2 heteroatoms. The molecule has 98 valence electrons. The van der Waals surface area contributed by atoms with E-state index in [4.69, 9.17) is 5.73 Å². The van der Waals surface area contributed by atoms with Crippen molar-refractivity contribution in [1.29, 1.82) is 0 Å². The Kier molecular flexibility index (Phi) is 2.79. The summed E-state index contributed by atoms with van der Waals surface area (Å²) in [5.74, 6) is 2.17. The van der Waals surface area contributed by atoms with E-state index in [1.54, 1.807) is 0 Å². The molecule has 2 bridgehead atoms. The van der Waals surface area contributed by atoms with Gasteiger partial charge in [0.15, 0.2) is 0 Å². The van der Waals surface area contributed by atoms with Crippen molar-refractivity contribution in [2.24, 2.45) is 28.9 Å². The molecule has 3 N–H and O–H groups in total. The van der Waals surface area contributed by atoms with Gasteiger partial charge in [0.2, 0.25) is 0 Å². The van der Waals surface area contributed by atoms with Crippen LogP contribution in [0.15, 0.2) is 0 Å². The van der Waals surface area contributed by atoms with Crippen LogP contribution in [0.25, 0.3) is 0 Å². The first-order chi connectivity index (χ1) is 8.13. The fraction of sp³-hybridized carbons (Fsp3) is 1.00. The minimum atomic E-state index is -0.408. The lowest BCUT2D eigenvalue weighted by atomic mass is 9.63. The summed E-state index contributed by atoms with van der Waals surface area (Å²) in [4.78, 5) is 0. The highest BCUT2D eigenvalue weighted by atomic mass is 16.3. The smallest absolute Gasteiger partial charge is 0.0746 e. The Hall–Kier alpha value is -0.0800. The van der Waals surface area contributed by atoms with Crippen LogP contribution in [0.2, 0.25) is 0 Å². The lowest BCUT2D eigenvalue weighted by molar-refractivity contribution is -0.119. The second-order valence-electron chi connectivity index (χ2n) is 7.01. The predicted molar refractivity (Wildman–Crippen MR) is 69.5 cm³/mol. The molecule has 5 atom stereocenters. The van der Waals surface area contributed by atoms with Gasteiger partial charge in [0.25, 0.3) is 0 Å². The van der Waals surface area contributed by atoms with Gasteiger partial charge < -0.3 is 10.8 Å². The van der Waals surface area contributed by atoms with E-state index < -0.39 is 5.60 Å². The maximum Gasteiger partial charge on any atom is 0.0746 e. The van der Waals surface area contributed by atoms with Crippen molar-refractivity contribution in [2.75, 3.05) is 6.54 Å². The molecule has 0 aliphatic heterocycles. The van der Waals surface area contributed by atoms with Crippen molar-refractivity contribution in [1.82, 2.24) is 0 Å². The molecule has 5 unspecified atom stereocenters. The van der Waals surface area contributed by atoms with Gasteiger partial charge in [-0.15, -0.1) is 0 Å². The van der Waals surface area contributed by atoms with Crippen LogP contribution in [0.4, 0.5) is 0 Å². The standard InChI is InChI=1S/C15H27NO/c1-2-11-5-6-14(8-11,10-16)15(17)9-12-3-4-13(15)7-12/h11-13,17H,2-10,16H2,1H3. The topological polar surface area (TPSA) is 46.2 Å².